The Kier molecular flexibility index (Phi) is 3.73. The molecule has 0 heterocycles. The fourth-order valence-electron chi connectivity index (χ4n) is 0.905. The van der Waals surface area contributed by atoms with Crippen LogP contribution in [0.2, 0.25) is 5.02 Å². The number of benzene rings is 1. The zero-order chi connectivity index (χ0) is 10.4. The molecule has 1 aromatic rings. The molecular formula is C11H6ClNO. The largest absolute Gasteiger partial charge is 0.302 e. The number of carbonyl (C=O) groups excluding carboxylic acids is 1. The predicted octanol–water partition coefficient (Wildman–Crippen LogP) is 2.15. The molecule has 68 valence electrons. The first-order valence-electron chi connectivity index (χ1n) is 3.90. The molecule has 0 bridgehead atoms. The third kappa shape index (κ3) is 2.62. The van der Waals surface area contributed by atoms with E-state index in [0.29, 0.717) is 22.4 Å². The van der Waals surface area contributed by atoms with Crippen molar-refractivity contribution in [3.8, 4) is 17.9 Å². The lowest BCUT2D eigenvalue weighted by Crippen LogP contribution is -1.83. The van der Waals surface area contributed by atoms with Gasteiger partial charge in [-0.1, -0.05) is 23.4 Å². The Bertz CT molecular complexity index is 449. The molecule has 0 fully saturated rings. The molecule has 0 spiro atoms. The molecule has 0 radical (unpaired) electrons. The minimum absolute atomic E-state index is 0.164. The molecule has 0 aromatic heterocycles. The number of aldehydes is 1. The predicted molar refractivity (Wildman–Crippen MR) is 53.7 cm³/mol. The average Bonchev–Trinajstić information content (AvgIpc) is 2.19. The van der Waals surface area contributed by atoms with Crippen LogP contribution in [0.15, 0.2) is 18.2 Å². The summed E-state index contributed by atoms with van der Waals surface area (Å²) in [7, 11) is 0. The molecule has 2 nitrogen and oxygen atoms in total. The monoisotopic (exact) mass is 203 g/mol. The van der Waals surface area contributed by atoms with Crippen LogP contribution < -0.4 is 0 Å². The molecule has 0 aliphatic heterocycles. The summed E-state index contributed by atoms with van der Waals surface area (Å²) < 4.78 is 0. The van der Waals surface area contributed by atoms with Gasteiger partial charge in [0.15, 0.2) is 0 Å². The van der Waals surface area contributed by atoms with E-state index in [4.69, 9.17) is 16.9 Å². The van der Waals surface area contributed by atoms with Gasteiger partial charge in [0.25, 0.3) is 0 Å². The van der Waals surface area contributed by atoms with Crippen LogP contribution in [0.1, 0.15) is 17.5 Å². The van der Waals surface area contributed by atoms with Gasteiger partial charge in [-0.25, -0.2) is 0 Å². The van der Waals surface area contributed by atoms with Gasteiger partial charge in [0.1, 0.15) is 12.4 Å². The Balaban J connectivity index is 3.08. The van der Waals surface area contributed by atoms with Crippen molar-refractivity contribution in [1.82, 2.24) is 0 Å². The molecule has 1 rings (SSSR count). The lowest BCUT2D eigenvalue weighted by molar-refractivity contribution is -0.107. The minimum Gasteiger partial charge on any atom is -0.302 e. The van der Waals surface area contributed by atoms with Gasteiger partial charge in [0.05, 0.1) is 12.0 Å². The Morgan fingerprint density at radius 2 is 2.21 bits per heavy atom. The summed E-state index contributed by atoms with van der Waals surface area (Å²) in [5, 5.41) is 9.26. The van der Waals surface area contributed by atoms with E-state index in [-0.39, 0.29) is 6.42 Å². The van der Waals surface area contributed by atoms with Crippen LogP contribution in [0.3, 0.4) is 0 Å². The van der Waals surface area contributed by atoms with Crippen molar-refractivity contribution in [3.05, 3.63) is 34.3 Å². The van der Waals surface area contributed by atoms with Crippen LogP contribution in [-0.4, -0.2) is 6.29 Å². The van der Waals surface area contributed by atoms with Gasteiger partial charge in [-0.05, 0) is 18.2 Å². The first-order valence-corrected chi connectivity index (χ1v) is 4.28. The normalized spacial score (nSPS) is 8.29. The Morgan fingerprint density at radius 3 is 2.86 bits per heavy atom. The number of carbonyl (C=O) groups is 1. The van der Waals surface area contributed by atoms with Crippen LogP contribution in [-0.2, 0) is 4.79 Å². The van der Waals surface area contributed by atoms with Crippen LogP contribution >= 0.6 is 11.6 Å². The summed E-state index contributed by atoms with van der Waals surface area (Å²) in [6.45, 7) is 0. The average molecular weight is 204 g/mol. The number of hydrogen-bond acceptors (Lipinski definition) is 2. The second-order valence-corrected chi connectivity index (χ2v) is 2.91. The molecular weight excluding hydrogens is 198 g/mol. The maximum atomic E-state index is 10.0. The zero-order valence-electron chi connectivity index (χ0n) is 7.25. The topological polar surface area (TPSA) is 40.9 Å². The van der Waals surface area contributed by atoms with Crippen molar-refractivity contribution in [2.75, 3.05) is 0 Å². The fourth-order valence-corrected chi connectivity index (χ4v) is 1.08. The van der Waals surface area contributed by atoms with Crippen LogP contribution in [0.25, 0.3) is 0 Å². The standard InChI is InChI=1S/C11H6ClNO/c12-11-5-4-10(8-13)9(7-11)3-1-2-6-14/h4-7H,2H2. The van der Waals surface area contributed by atoms with E-state index < -0.39 is 0 Å². The summed E-state index contributed by atoms with van der Waals surface area (Å²) in [5.41, 5.74) is 1.02. The molecule has 3 heteroatoms. The van der Waals surface area contributed by atoms with Crippen molar-refractivity contribution < 1.29 is 4.79 Å². The van der Waals surface area contributed by atoms with Crippen LogP contribution in [0, 0.1) is 23.2 Å². The molecule has 0 saturated carbocycles. The van der Waals surface area contributed by atoms with Crippen LogP contribution in [0.5, 0.6) is 0 Å². The van der Waals surface area contributed by atoms with Gasteiger partial charge < -0.3 is 4.79 Å². The molecule has 0 atom stereocenters. The summed E-state index contributed by atoms with van der Waals surface area (Å²) in [6, 6.07) is 6.84. The van der Waals surface area contributed by atoms with Crippen LogP contribution in [0.4, 0.5) is 0 Å². The first kappa shape index (κ1) is 10.3. The van der Waals surface area contributed by atoms with Gasteiger partial charge in [0, 0.05) is 10.6 Å². The number of hydrogen-bond donors (Lipinski definition) is 0. The molecule has 0 aliphatic carbocycles. The Labute approximate surface area is 87.1 Å². The van der Waals surface area contributed by atoms with Crippen molar-refractivity contribution >= 4 is 17.9 Å². The lowest BCUT2D eigenvalue weighted by Gasteiger charge is -1.94. The third-order valence-electron chi connectivity index (χ3n) is 1.51. The second-order valence-electron chi connectivity index (χ2n) is 2.47. The minimum atomic E-state index is 0.164. The summed E-state index contributed by atoms with van der Waals surface area (Å²) in [4.78, 5) is 10.0. The van der Waals surface area contributed by atoms with Gasteiger partial charge in [-0.15, -0.1) is 0 Å². The first-order chi connectivity index (χ1) is 6.77. The SMILES string of the molecule is N#Cc1ccc(Cl)cc1C#CCC=O. The number of rotatable bonds is 1. The molecule has 0 N–H and O–H groups in total. The molecule has 0 amide bonds. The van der Waals surface area contributed by atoms with E-state index in [1.54, 1.807) is 18.2 Å². The van der Waals surface area contributed by atoms with Gasteiger partial charge in [-0.2, -0.15) is 5.26 Å². The maximum Gasteiger partial charge on any atom is 0.131 e. The lowest BCUT2D eigenvalue weighted by atomic mass is 10.1. The van der Waals surface area contributed by atoms with E-state index >= 15 is 0 Å². The van der Waals surface area contributed by atoms with Gasteiger partial charge in [0.2, 0.25) is 0 Å². The van der Waals surface area contributed by atoms with E-state index in [2.05, 4.69) is 11.8 Å². The van der Waals surface area contributed by atoms with Crippen molar-refractivity contribution in [1.29, 1.82) is 5.26 Å². The summed E-state index contributed by atoms with van der Waals surface area (Å²) in [6.07, 6.45) is 0.876. The summed E-state index contributed by atoms with van der Waals surface area (Å²) >= 11 is 5.74. The number of nitrogens with zero attached hydrogens (tertiary/aromatic N) is 1. The van der Waals surface area contributed by atoms with Crippen molar-refractivity contribution in [2.45, 2.75) is 6.42 Å². The highest BCUT2D eigenvalue weighted by molar-refractivity contribution is 6.30. The number of halogens is 1. The van der Waals surface area contributed by atoms with E-state index in [1.165, 1.54) is 0 Å². The molecule has 0 unspecified atom stereocenters. The van der Waals surface area contributed by atoms with E-state index in [0.717, 1.165) is 0 Å². The molecule has 0 saturated heterocycles. The smallest absolute Gasteiger partial charge is 0.131 e. The quantitative estimate of drug-likeness (QED) is 0.518. The van der Waals surface area contributed by atoms with Gasteiger partial charge >= 0.3 is 0 Å². The third-order valence-corrected chi connectivity index (χ3v) is 1.75. The van der Waals surface area contributed by atoms with E-state index in [9.17, 15) is 4.79 Å². The fraction of sp³-hybridized carbons (Fsp3) is 0.0909. The maximum absolute atomic E-state index is 10.0. The highest BCUT2D eigenvalue weighted by Crippen LogP contribution is 2.14. The van der Waals surface area contributed by atoms with E-state index in [1.807, 2.05) is 6.07 Å². The highest BCUT2D eigenvalue weighted by atomic mass is 35.5. The zero-order valence-corrected chi connectivity index (χ0v) is 8.01. The highest BCUT2D eigenvalue weighted by Gasteiger charge is 1.98. The second kappa shape index (κ2) is 5.07. The summed E-state index contributed by atoms with van der Waals surface area (Å²) in [5.74, 6) is 5.34. The Hall–Kier alpha value is -1.77. The number of nitriles is 1. The van der Waals surface area contributed by atoms with Crippen molar-refractivity contribution in [3.63, 3.8) is 0 Å². The molecule has 0 aliphatic rings. The Morgan fingerprint density at radius 1 is 1.43 bits per heavy atom. The molecule has 14 heavy (non-hydrogen) atoms. The van der Waals surface area contributed by atoms with Gasteiger partial charge in [-0.3, -0.25) is 0 Å². The molecule has 1 aromatic carbocycles. The van der Waals surface area contributed by atoms with Crippen molar-refractivity contribution in [2.24, 2.45) is 0 Å².